The molecule has 0 spiro atoms. The van der Waals surface area contributed by atoms with Crippen molar-refractivity contribution in [2.75, 3.05) is 13.7 Å². The first-order valence-corrected chi connectivity index (χ1v) is 7.52. The van der Waals surface area contributed by atoms with Crippen molar-refractivity contribution in [2.24, 2.45) is 0 Å². The molecule has 0 atom stereocenters. The third kappa shape index (κ3) is 5.87. The van der Waals surface area contributed by atoms with E-state index in [0.717, 1.165) is 19.4 Å². The zero-order valence-electron chi connectivity index (χ0n) is 11.8. The van der Waals surface area contributed by atoms with Crippen LogP contribution in [-0.4, -0.2) is 19.5 Å². The molecule has 1 aliphatic rings. The van der Waals surface area contributed by atoms with E-state index in [1.807, 2.05) is 7.11 Å². The molecule has 0 heterocycles. The summed E-state index contributed by atoms with van der Waals surface area (Å²) in [4.78, 5) is 0. The van der Waals surface area contributed by atoms with Crippen molar-refractivity contribution in [3.63, 3.8) is 0 Å². The molecule has 17 heavy (non-hydrogen) atoms. The van der Waals surface area contributed by atoms with Gasteiger partial charge in [0.1, 0.15) is 0 Å². The lowest BCUT2D eigenvalue weighted by Crippen LogP contribution is -2.35. The van der Waals surface area contributed by atoms with Crippen LogP contribution < -0.4 is 0 Å². The summed E-state index contributed by atoms with van der Waals surface area (Å²) in [5, 5.41) is 0. The minimum absolute atomic E-state index is 0.284. The van der Waals surface area contributed by atoms with Gasteiger partial charge in [0, 0.05) is 26.6 Å². The highest BCUT2D eigenvalue weighted by molar-refractivity contribution is 4.71. The second-order valence-electron chi connectivity index (χ2n) is 5.23. The lowest BCUT2D eigenvalue weighted by Gasteiger charge is -2.32. The Labute approximate surface area is 107 Å². The van der Waals surface area contributed by atoms with Gasteiger partial charge in [-0.25, -0.2) is 0 Å². The van der Waals surface area contributed by atoms with Crippen LogP contribution in [0.1, 0.15) is 77.6 Å². The van der Waals surface area contributed by atoms with Gasteiger partial charge in [0.2, 0.25) is 0 Å². The van der Waals surface area contributed by atoms with E-state index in [4.69, 9.17) is 9.47 Å². The van der Waals surface area contributed by atoms with E-state index in [2.05, 4.69) is 6.92 Å². The summed E-state index contributed by atoms with van der Waals surface area (Å²) in [6.45, 7) is 2.82. The third-order valence-electron chi connectivity index (χ3n) is 3.89. The summed E-state index contributed by atoms with van der Waals surface area (Å²) in [7, 11) is 1.81. The maximum Gasteiger partial charge on any atom is 0.167 e. The van der Waals surface area contributed by atoms with Crippen LogP contribution in [0.3, 0.4) is 0 Å². The molecule has 0 N–H and O–H groups in total. The van der Waals surface area contributed by atoms with Gasteiger partial charge in [0.25, 0.3) is 0 Å². The molecule has 0 saturated heterocycles. The molecule has 1 saturated carbocycles. The summed E-state index contributed by atoms with van der Waals surface area (Å²) >= 11 is 0. The average Bonchev–Trinajstić information content (AvgIpc) is 2.33. The zero-order chi connectivity index (χ0) is 12.4. The van der Waals surface area contributed by atoms with Crippen molar-refractivity contribution in [1.82, 2.24) is 0 Å². The van der Waals surface area contributed by atoms with E-state index in [1.165, 1.54) is 57.8 Å². The Balaban J connectivity index is 2.45. The summed E-state index contributed by atoms with van der Waals surface area (Å²) in [6, 6.07) is 0. The summed E-state index contributed by atoms with van der Waals surface area (Å²) in [6.07, 6.45) is 14.3. The van der Waals surface area contributed by atoms with E-state index < -0.39 is 0 Å². The highest BCUT2D eigenvalue weighted by atomic mass is 16.7. The van der Waals surface area contributed by atoms with Gasteiger partial charge in [-0.05, 0) is 19.8 Å². The van der Waals surface area contributed by atoms with E-state index in [0.29, 0.717) is 0 Å². The quantitative estimate of drug-likeness (QED) is 0.669. The average molecular weight is 242 g/mol. The lowest BCUT2D eigenvalue weighted by molar-refractivity contribution is -0.229. The first-order valence-electron chi connectivity index (χ1n) is 7.52. The molecule has 0 unspecified atom stereocenters. The van der Waals surface area contributed by atoms with Gasteiger partial charge in [-0.15, -0.1) is 0 Å². The summed E-state index contributed by atoms with van der Waals surface area (Å²) in [5.41, 5.74) is 0. The van der Waals surface area contributed by atoms with Gasteiger partial charge < -0.3 is 9.47 Å². The van der Waals surface area contributed by atoms with Gasteiger partial charge >= 0.3 is 0 Å². The molecule has 0 aliphatic heterocycles. The molecule has 0 amide bonds. The van der Waals surface area contributed by atoms with Crippen molar-refractivity contribution in [3.8, 4) is 0 Å². The van der Waals surface area contributed by atoms with Crippen LogP contribution in [0.5, 0.6) is 0 Å². The monoisotopic (exact) mass is 242 g/mol. The fraction of sp³-hybridized carbons (Fsp3) is 1.00. The normalized spacial score (nSPS) is 23.6. The first kappa shape index (κ1) is 15.0. The smallest absolute Gasteiger partial charge is 0.167 e. The fourth-order valence-electron chi connectivity index (χ4n) is 2.82. The molecular weight excluding hydrogens is 212 g/mol. The van der Waals surface area contributed by atoms with Gasteiger partial charge in [0.15, 0.2) is 5.79 Å². The maximum absolute atomic E-state index is 5.90. The van der Waals surface area contributed by atoms with E-state index in [-0.39, 0.29) is 5.79 Å². The molecule has 0 aromatic heterocycles. The minimum atomic E-state index is -0.284. The van der Waals surface area contributed by atoms with Crippen molar-refractivity contribution in [2.45, 2.75) is 83.3 Å². The summed E-state index contributed by atoms with van der Waals surface area (Å²) in [5.74, 6) is -0.284. The van der Waals surface area contributed by atoms with Gasteiger partial charge in [-0.2, -0.15) is 0 Å². The van der Waals surface area contributed by atoms with Crippen LogP contribution in [0.15, 0.2) is 0 Å². The number of ether oxygens (including phenoxy) is 2. The Kier molecular flexibility index (Phi) is 7.87. The van der Waals surface area contributed by atoms with Gasteiger partial charge in [-0.3, -0.25) is 0 Å². The predicted octanol–water partition coefficient (Wildman–Crippen LogP) is 4.67. The van der Waals surface area contributed by atoms with Gasteiger partial charge in [-0.1, -0.05) is 44.9 Å². The van der Waals surface area contributed by atoms with Crippen molar-refractivity contribution < 1.29 is 9.47 Å². The molecule has 0 aromatic carbocycles. The van der Waals surface area contributed by atoms with Crippen LogP contribution in [0.4, 0.5) is 0 Å². The molecule has 1 fully saturated rings. The second kappa shape index (κ2) is 8.93. The van der Waals surface area contributed by atoms with Crippen LogP contribution in [-0.2, 0) is 9.47 Å². The number of rotatable bonds is 3. The largest absolute Gasteiger partial charge is 0.353 e. The minimum Gasteiger partial charge on any atom is -0.353 e. The van der Waals surface area contributed by atoms with E-state index >= 15 is 0 Å². The molecule has 0 bridgehead atoms. The Bertz CT molecular complexity index is 168. The Hall–Kier alpha value is -0.0800. The number of methoxy groups -OCH3 is 1. The molecule has 2 nitrogen and oxygen atoms in total. The lowest BCUT2D eigenvalue weighted by atomic mass is 9.97. The molecule has 2 heteroatoms. The Morgan fingerprint density at radius 3 is 1.53 bits per heavy atom. The number of hydrogen-bond donors (Lipinski definition) is 0. The highest BCUT2D eigenvalue weighted by Gasteiger charge is 2.29. The van der Waals surface area contributed by atoms with Crippen LogP contribution in [0.25, 0.3) is 0 Å². The van der Waals surface area contributed by atoms with E-state index in [1.54, 1.807) is 0 Å². The predicted molar refractivity (Wildman–Crippen MR) is 72.2 cm³/mol. The van der Waals surface area contributed by atoms with Crippen LogP contribution in [0.2, 0.25) is 0 Å². The molecule has 102 valence electrons. The van der Waals surface area contributed by atoms with Crippen LogP contribution in [0, 0.1) is 0 Å². The SMILES string of the molecule is CCOC1(OC)CCCCCCCCCCC1. The van der Waals surface area contributed by atoms with Crippen molar-refractivity contribution in [3.05, 3.63) is 0 Å². The third-order valence-corrected chi connectivity index (χ3v) is 3.89. The second-order valence-corrected chi connectivity index (χ2v) is 5.23. The van der Waals surface area contributed by atoms with Crippen molar-refractivity contribution in [1.29, 1.82) is 0 Å². The molecule has 0 radical (unpaired) electrons. The maximum atomic E-state index is 5.90. The molecule has 1 aliphatic carbocycles. The zero-order valence-corrected chi connectivity index (χ0v) is 11.8. The molecule has 0 aromatic rings. The fourth-order valence-corrected chi connectivity index (χ4v) is 2.82. The molecular formula is C15H30O2. The standard InChI is InChI=1S/C15H30O2/c1-3-17-15(16-2)13-11-9-7-5-4-6-8-10-12-14-15/h3-14H2,1-2H3. The van der Waals surface area contributed by atoms with Crippen LogP contribution >= 0.6 is 0 Å². The Morgan fingerprint density at radius 1 is 0.765 bits per heavy atom. The van der Waals surface area contributed by atoms with Gasteiger partial charge in [0.05, 0.1) is 0 Å². The highest BCUT2D eigenvalue weighted by Crippen LogP contribution is 2.28. The first-order chi connectivity index (χ1) is 8.33. The topological polar surface area (TPSA) is 18.5 Å². The van der Waals surface area contributed by atoms with E-state index in [9.17, 15) is 0 Å². The molecule has 1 rings (SSSR count). The van der Waals surface area contributed by atoms with Crippen molar-refractivity contribution >= 4 is 0 Å². The Morgan fingerprint density at radius 2 is 1.18 bits per heavy atom. The summed E-state index contributed by atoms with van der Waals surface area (Å²) < 4.78 is 11.6. The number of hydrogen-bond acceptors (Lipinski definition) is 2.